The third kappa shape index (κ3) is 2.45. The van der Waals surface area contributed by atoms with Crippen LogP contribution in [0, 0.1) is 11.6 Å². The third-order valence-electron chi connectivity index (χ3n) is 3.07. The third-order valence-corrected chi connectivity index (χ3v) is 3.07. The largest absolute Gasteiger partial charge is 0.478 e. The molecule has 0 radical (unpaired) electrons. The molecule has 2 aromatic heterocycles. The van der Waals surface area contributed by atoms with Crippen LogP contribution in [0.2, 0.25) is 0 Å². The number of imidazole rings is 1. The molecular formula is C14H9F2N3O2. The topological polar surface area (TPSA) is 68.0 Å². The van der Waals surface area contributed by atoms with Crippen LogP contribution in [0.25, 0.3) is 11.0 Å². The van der Waals surface area contributed by atoms with Crippen molar-refractivity contribution in [2.75, 3.05) is 0 Å². The van der Waals surface area contributed by atoms with Gasteiger partial charge in [-0.2, -0.15) is 0 Å². The van der Waals surface area contributed by atoms with Gasteiger partial charge in [-0.3, -0.25) is 4.98 Å². The zero-order valence-electron chi connectivity index (χ0n) is 10.6. The van der Waals surface area contributed by atoms with Crippen LogP contribution in [0.5, 0.6) is 0 Å². The van der Waals surface area contributed by atoms with Crippen molar-refractivity contribution >= 4 is 17.0 Å². The van der Waals surface area contributed by atoms with Crippen molar-refractivity contribution in [3.63, 3.8) is 0 Å². The van der Waals surface area contributed by atoms with Gasteiger partial charge in [-0.15, -0.1) is 0 Å². The summed E-state index contributed by atoms with van der Waals surface area (Å²) < 4.78 is 28.0. The summed E-state index contributed by atoms with van der Waals surface area (Å²) in [6.45, 7) is 0.279. The second-order valence-corrected chi connectivity index (χ2v) is 4.47. The minimum atomic E-state index is -1.06. The maximum atomic E-state index is 13.3. The number of aromatic nitrogens is 3. The minimum Gasteiger partial charge on any atom is -0.478 e. The maximum Gasteiger partial charge on any atom is 0.337 e. The van der Waals surface area contributed by atoms with Crippen LogP contribution < -0.4 is 0 Å². The number of nitrogens with zero attached hydrogens (tertiary/aromatic N) is 3. The summed E-state index contributed by atoms with van der Waals surface area (Å²) in [6, 6.07) is 5.10. The van der Waals surface area contributed by atoms with E-state index in [1.54, 1.807) is 10.6 Å². The molecule has 0 aliphatic carbocycles. The molecule has 21 heavy (non-hydrogen) atoms. The van der Waals surface area contributed by atoms with E-state index in [4.69, 9.17) is 5.11 Å². The Kier molecular flexibility index (Phi) is 3.09. The first kappa shape index (κ1) is 13.2. The number of rotatable bonds is 3. The zero-order valence-corrected chi connectivity index (χ0v) is 10.6. The summed E-state index contributed by atoms with van der Waals surface area (Å²) in [7, 11) is 0. The Morgan fingerprint density at radius 2 is 1.95 bits per heavy atom. The Morgan fingerprint density at radius 3 is 2.62 bits per heavy atom. The van der Waals surface area contributed by atoms with Crippen LogP contribution in [0.3, 0.4) is 0 Å². The quantitative estimate of drug-likeness (QED) is 0.804. The lowest BCUT2D eigenvalue weighted by molar-refractivity contribution is 0.0696. The number of aromatic carboxylic acids is 1. The summed E-state index contributed by atoms with van der Waals surface area (Å²) in [4.78, 5) is 18.8. The van der Waals surface area contributed by atoms with E-state index in [1.807, 2.05) is 0 Å². The Labute approximate surface area is 117 Å². The maximum absolute atomic E-state index is 13.3. The summed E-state index contributed by atoms with van der Waals surface area (Å²) in [6.07, 6.45) is 2.70. The molecule has 0 amide bonds. The van der Waals surface area contributed by atoms with Crippen molar-refractivity contribution in [2.24, 2.45) is 0 Å². The molecule has 0 spiro atoms. The van der Waals surface area contributed by atoms with E-state index in [0.717, 1.165) is 12.1 Å². The van der Waals surface area contributed by atoms with Gasteiger partial charge in [0.1, 0.15) is 0 Å². The van der Waals surface area contributed by atoms with Gasteiger partial charge in [0.25, 0.3) is 0 Å². The molecule has 0 saturated heterocycles. The minimum absolute atomic E-state index is 0.0855. The molecule has 0 atom stereocenters. The molecule has 3 rings (SSSR count). The number of pyridine rings is 1. The number of fused-ring (bicyclic) bond motifs is 1. The number of carboxylic acids is 1. The van der Waals surface area contributed by atoms with Crippen LogP contribution in [0.15, 0.2) is 36.8 Å². The number of halogens is 2. The van der Waals surface area contributed by atoms with Crippen molar-refractivity contribution in [1.82, 2.24) is 14.5 Å². The van der Waals surface area contributed by atoms with E-state index < -0.39 is 17.6 Å². The Balaban J connectivity index is 1.94. The Bertz CT molecular complexity index is 828. The van der Waals surface area contributed by atoms with Crippen molar-refractivity contribution in [3.05, 3.63) is 59.7 Å². The molecule has 106 valence electrons. The lowest BCUT2D eigenvalue weighted by atomic mass is 10.2. The number of carbonyl (C=O) groups is 1. The summed E-state index contributed by atoms with van der Waals surface area (Å²) in [5.41, 5.74) is 1.46. The average Bonchev–Trinajstić information content (AvgIpc) is 2.82. The molecule has 5 nitrogen and oxygen atoms in total. The molecule has 0 saturated carbocycles. The van der Waals surface area contributed by atoms with Crippen LogP contribution in [-0.2, 0) is 6.54 Å². The Morgan fingerprint density at radius 1 is 1.19 bits per heavy atom. The fourth-order valence-corrected chi connectivity index (χ4v) is 2.00. The smallest absolute Gasteiger partial charge is 0.337 e. The van der Waals surface area contributed by atoms with Gasteiger partial charge in [-0.1, -0.05) is 0 Å². The highest BCUT2D eigenvalue weighted by molar-refractivity contribution is 5.87. The van der Waals surface area contributed by atoms with E-state index in [9.17, 15) is 13.6 Å². The SMILES string of the molecule is O=C(O)c1ccc(Cn2cnc3cc(F)c(F)cc32)nc1. The number of carboxylic acid groups (broad SMARTS) is 1. The molecule has 0 bridgehead atoms. The van der Waals surface area contributed by atoms with Crippen LogP contribution in [-0.4, -0.2) is 25.6 Å². The fraction of sp³-hybridized carbons (Fsp3) is 0.0714. The highest BCUT2D eigenvalue weighted by Gasteiger charge is 2.10. The molecule has 0 fully saturated rings. The highest BCUT2D eigenvalue weighted by atomic mass is 19.2. The standard InChI is InChI=1S/C14H9F2N3O2/c15-10-3-12-13(4-11(10)16)19(7-18-12)6-9-2-1-8(5-17-9)14(20)21/h1-5,7H,6H2,(H,20,21). The van der Waals surface area contributed by atoms with Gasteiger partial charge in [-0.25, -0.2) is 18.6 Å². The molecule has 0 unspecified atom stereocenters. The van der Waals surface area contributed by atoms with Gasteiger partial charge < -0.3 is 9.67 Å². The summed E-state index contributed by atoms with van der Waals surface area (Å²) in [5, 5.41) is 8.80. The number of hydrogen-bond donors (Lipinski definition) is 1. The van der Waals surface area contributed by atoms with Gasteiger partial charge in [0.2, 0.25) is 0 Å². The predicted molar refractivity (Wildman–Crippen MR) is 69.9 cm³/mol. The van der Waals surface area contributed by atoms with Gasteiger partial charge in [0.15, 0.2) is 11.6 Å². The van der Waals surface area contributed by atoms with E-state index >= 15 is 0 Å². The van der Waals surface area contributed by atoms with E-state index in [2.05, 4.69) is 9.97 Å². The lowest BCUT2D eigenvalue weighted by Crippen LogP contribution is -2.03. The van der Waals surface area contributed by atoms with Gasteiger partial charge in [-0.05, 0) is 12.1 Å². The van der Waals surface area contributed by atoms with Crippen LogP contribution >= 0.6 is 0 Å². The van der Waals surface area contributed by atoms with Crippen LogP contribution in [0.1, 0.15) is 16.1 Å². The van der Waals surface area contributed by atoms with Gasteiger partial charge in [0.05, 0.1) is 35.2 Å². The molecule has 2 heterocycles. The summed E-state index contributed by atoms with van der Waals surface area (Å²) >= 11 is 0. The first-order valence-corrected chi connectivity index (χ1v) is 6.02. The molecular weight excluding hydrogens is 280 g/mol. The fourth-order valence-electron chi connectivity index (χ4n) is 2.00. The van der Waals surface area contributed by atoms with Crippen molar-refractivity contribution in [2.45, 2.75) is 6.54 Å². The summed E-state index contributed by atoms with van der Waals surface area (Å²) in [5.74, 6) is -2.95. The second-order valence-electron chi connectivity index (χ2n) is 4.47. The molecule has 1 aromatic carbocycles. The van der Waals surface area contributed by atoms with E-state index in [1.165, 1.54) is 18.6 Å². The monoisotopic (exact) mass is 289 g/mol. The van der Waals surface area contributed by atoms with Gasteiger partial charge >= 0.3 is 5.97 Å². The van der Waals surface area contributed by atoms with Crippen molar-refractivity contribution in [1.29, 1.82) is 0 Å². The molecule has 3 aromatic rings. The number of hydrogen-bond acceptors (Lipinski definition) is 3. The first-order valence-electron chi connectivity index (χ1n) is 6.02. The van der Waals surface area contributed by atoms with E-state index in [-0.39, 0.29) is 12.1 Å². The van der Waals surface area contributed by atoms with Crippen molar-refractivity contribution in [3.8, 4) is 0 Å². The second kappa shape index (κ2) is 4.93. The molecule has 7 heteroatoms. The number of benzene rings is 1. The van der Waals surface area contributed by atoms with E-state index in [0.29, 0.717) is 16.7 Å². The normalized spacial score (nSPS) is 11.0. The highest BCUT2D eigenvalue weighted by Crippen LogP contribution is 2.18. The first-order chi connectivity index (χ1) is 10.0. The van der Waals surface area contributed by atoms with Gasteiger partial charge in [0, 0.05) is 18.3 Å². The Hall–Kier alpha value is -2.83. The van der Waals surface area contributed by atoms with Crippen LogP contribution in [0.4, 0.5) is 8.78 Å². The zero-order chi connectivity index (χ0) is 15.0. The molecule has 0 aliphatic heterocycles. The van der Waals surface area contributed by atoms with Crippen molar-refractivity contribution < 1.29 is 18.7 Å². The molecule has 0 aliphatic rings. The average molecular weight is 289 g/mol. The molecule has 1 N–H and O–H groups in total. The lowest BCUT2D eigenvalue weighted by Gasteiger charge is -2.04. The predicted octanol–water partition coefficient (Wildman–Crippen LogP) is 2.46.